The molecule has 1 aromatic rings. The summed E-state index contributed by atoms with van der Waals surface area (Å²) < 4.78 is 5.50. The standard InChI is InChI=1S/C12H17NO2/c1-2-5-10-6-3-4-7-12(10)15-9-11(14)8-13/h2-4,6-7,11,14H,1,5,8-9,13H2/p+1/t11-/m0/s1. The zero-order chi connectivity index (χ0) is 11.1. The van der Waals surface area contributed by atoms with E-state index in [0.717, 1.165) is 17.7 Å². The molecule has 4 N–H and O–H groups in total. The minimum Gasteiger partial charge on any atom is -0.490 e. The van der Waals surface area contributed by atoms with E-state index in [9.17, 15) is 5.11 Å². The fourth-order valence-electron chi connectivity index (χ4n) is 1.24. The molecule has 1 atom stereocenters. The summed E-state index contributed by atoms with van der Waals surface area (Å²) in [5, 5.41) is 9.33. The quantitative estimate of drug-likeness (QED) is 0.665. The molecule has 0 amide bonds. The first-order valence-electron chi connectivity index (χ1n) is 5.06. The van der Waals surface area contributed by atoms with Crippen molar-refractivity contribution in [3.63, 3.8) is 0 Å². The zero-order valence-corrected chi connectivity index (χ0v) is 8.86. The lowest BCUT2D eigenvalue weighted by Gasteiger charge is -2.12. The number of ether oxygens (including phenoxy) is 1. The molecule has 0 spiro atoms. The van der Waals surface area contributed by atoms with Crippen LogP contribution in [0.4, 0.5) is 0 Å². The Balaban J connectivity index is 2.62. The van der Waals surface area contributed by atoms with E-state index < -0.39 is 6.10 Å². The van der Waals surface area contributed by atoms with Crippen molar-refractivity contribution in [1.82, 2.24) is 0 Å². The molecule has 82 valence electrons. The molecule has 0 aliphatic heterocycles. The predicted octanol–water partition coefficient (Wildman–Crippen LogP) is 0.397. The number of hydrogen-bond donors (Lipinski definition) is 2. The molecule has 0 aliphatic carbocycles. The summed E-state index contributed by atoms with van der Waals surface area (Å²) in [5.74, 6) is 0.810. The topological polar surface area (TPSA) is 57.1 Å². The van der Waals surface area contributed by atoms with Gasteiger partial charge in [-0.3, -0.25) is 0 Å². The molecular weight excluding hydrogens is 190 g/mol. The van der Waals surface area contributed by atoms with E-state index >= 15 is 0 Å². The first kappa shape index (κ1) is 11.8. The Morgan fingerprint density at radius 1 is 1.47 bits per heavy atom. The number of aliphatic hydroxyl groups is 1. The molecule has 0 saturated heterocycles. The highest BCUT2D eigenvalue weighted by molar-refractivity contribution is 5.34. The van der Waals surface area contributed by atoms with Gasteiger partial charge >= 0.3 is 0 Å². The van der Waals surface area contributed by atoms with Gasteiger partial charge in [0.1, 0.15) is 25.0 Å². The SMILES string of the molecule is C=CCc1ccccc1OC[C@@H](O)C[NH3+]. The maximum atomic E-state index is 9.33. The number of para-hydroxylation sites is 1. The maximum absolute atomic E-state index is 9.33. The summed E-state index contributed by atoms with van der Waals surface area (Å²) in [6, 6.07) is 7.77. The molecule has 3 nitrogen and oxygen atoms in total. The lowest BCUT2D eigenvalue weighted by atomic mass is 10.1. The molecule has 3 heteroatoms. The number of allylic oxidation sites excluding steroid dienone is 1. The van der Waals surface area contributed by atoms with Crippen LogP contribution in [0, 0.1) is 0 Å². The van der Waals surface area contributed by atoms with Gasteiger partial charge in [0, 0.05) is 0 Å². The monoisotopic (exact) mass is 208 g/mol. The Hall–Kier alpha value is -1.32. The van der Waals surface area contributed by atoms with E-state index in [1.54, 1.807) is 0 Å². The summed E-state index contributed by atoms with van der Waals surface area (Å²) in [6.45, 7) is 4.44. The van der Waals surface area contributed by atoms with E-state index in [-0.39, 0.29) is 6.61 Å². The van der Waals surface area contributed by atoms with E-state index in [0.29, 0.717) is 6.54 Å². The summed E-state index contributed by atoms with van der Waals surface area (Å²) in [4.78, 5) is 0. The third-order valence-corrected chi connectivity index (χ3v) is 2.10. The van der Waals surface area contributed by atoms with Crippen LogP contribution >= 0.6 is 0 Å². The maximum Gasteiger partial charge on any atom is 0.136 e. The molecule has 15 heavy (non-hydrogen) atoms. The van der Waals surface area contributed by atoms with Gasteiger partial charge in [-0.15, -0.1) is 6.58 Å². The smallest absolute Gasteiger partial charge is 0.136 e. The second-order valence-corrected chi connectivity index (χ2v) is 3.35. The number of rotatable bonds is 6. The summed E-state index contributed by atoms with van der Waals surface area (Å²) in [7, 11) is 0. The van der Waals surface area contributed by atoms with Crippen LogP contribution in [-0.4, -0.2) is 24.4 Å². The number of benzene rings is 1. The van der Waals surface area contributed by atoms with Crippen LogP contribution in [-0.2, 0) is 6.42 Å². The van der Waals surface area contributed by atoms with Crippen molar-refractivity contribution in [2.45, 2.75) is 12.5 Å². The Morgan fingerprint density at radius 3 is 2.87 bits per heavy atom. The highest BCUT2D eigenvalue weighted by atomic mass is 16.5. The lowest BCUT2D eigenvalue weighted by Crippen LogP contribution is -2.56. The van der Waals surface area contributed by atoms with E-state index in [2.05, 4.69) is 12.3 Å². The molecule has 0 radical (unpaired) electrons. The highest BCUT2D eigenvalue weighted by Crippen LogP contribution is 2.18. The summed E-state index contributed by atoms with van der Waals surface area (Å²) >= 11 is 0. The van der Waals surface area contributed by atoms with Gasteiger partial charge in [-0.25, -0.2) is 0 Å². The molecular formula is C12H18NO2+. The highest BCUT2D eigenvalue weighted by Gasteiger charge is 2.06. The third-order valence-electron chi connectivity index (χ3n) is 2.10. The van der Waals surface area contributed by atoms with Crippen LogP contribution in [0.3, 0.4) is 0 Å². The fourth-order valence-corrected chi connectivity index (χ4v) is 1.24. The minimum atomic E-state index is -0.498. The molecule has 0 bridgehead atoms. The van der Waals surface area contributed by atoms with Crippen LogP contribution in [0.15, 0.2) is 36.9 Å². The number of aliphatic hydroxyl groups excluding tert-OH is 1. The Kier molecular flexibility index (Phi) is 4.87. The summed E-state index contributed by atoms with van der Waals surface area (Å²) in [5.41, 5.74) is 4.70. The predicted molar refractivity (Wildman–Crippen MR) is 59.6 cm³/mol. The van der Waals surface area contributed by atoms with Crippen molar-refractivity contribution < 1.29 is 15.6 Å². The fraction of sp³-hybridized carbons (Fsp3) is 0.333. The molecule has 0 saturated carbocycles. The molecule has 0 aliphatic rings. The van der Waals surface area contributed by atoms with Gasteiger partial charge in [0.15, 0.2) is 0 Å². The second-order valence-electron chi connectivity index (χ2n) is 3.35. The first-order chi connectivity index (χ1) is 7.27. The van der Waals surface area contributed by atoms with Crippen LogP contribution in [0.25, 0.3) is 0 Å². The van der Waals surface area contributed by atoms with Crippen molar-refractivity contribution in [3.05, 3.63) is 42.5 Å². The second kappa shape index (κ2) is 6.22. The van der Waals surface area contributed by atoms with Gasteiger partial charge in [-0.2, -0.15) is 0 Å². The molecule has 1 rings (SSSR count). The van der Waals surface area contributed by atoms with Crippen LogP contribution < -0.4 is 10.5 Å². The molecule has 0 unspecified atom stereocenters. The third kappa shape index (κ3) is 3.73. The number of hydrogen-bond acceptors (Lipinski definition) is 2. The van der Waals surface area contributed by atoms with Gasteiger partial charge in [-0.05, 0) is 18.1 Å². The molecule has 0 aromatic heterocycles. The lowest BCUT2D eigenvalue weighted by molar-refractivity contribution is -0.384. The van der Waals surface area contributed by atoms with Crippen molar-refractivity contribution >= 4 is 0 Å². The van der Waals surface area contributed by atoms with Gasteiger partial charge in [0.25, 0.3) is 0 Å². The summed E-state index contributed by atoms with van der Waals surface area (Å²) in [6.07, 6.45) is 2.11. The molecule has 0 fully saturated rings. The van der Waals surface area contributed by atoms with Crippen molar-refractivity contribution in [1.29, 1.82) is 0 Å². The Bertz CT molecular complexity index is 312. The van der Waals surface area contributed by atoms with Gasteiger partial charge < -0.3 is 15.6 Å². The van der Waals surface area contributed by atoms with E-state index in [1.807, 2.05) is 30.3 Å². The van der Waals surface area contributed by atoms with Crippen molar-refractivity contribution in [2.75, 3.05) is 13.2 Å². The normalized spacial score (nSPS) is 12.1. The van der Waals surface area contributed by atoms with Gasteiger partial charge in [0.2, 0.25) is 0 Å². The van der Waals surface area contributed by atoms with Crippen LogP contribution in [0.1, 0.15) is 5.56 Å². The Morgan fingerprint density at radius 2 is 2.20 bits per heavy atom. The van der Waals surface area contributed by atoms with Crippen molar-refractivity contribution in [3.8, 4) is 5.75 Å². The van der Waals surface area contributed by atoms with Gasteiger partial charge in [0.05, 0.1) is 0 Å². The van der Waals surface area contributed by atoms with Crippen molar-refractivity contribution in [2.24, 2.45) is 0 Å². The first-order valence-corrected chi connectivity index (χ1v) is 5.06. The molecule has 1 aromatic carbocycles. The molecule has 0 heterocycles. The van der Waals surface area contributed by atoms with Crippen LogP contribution in [0.5, 0.6) is 5.75 Å². The van der Waals surface area contributed by atoms with E-state index in [1.165, 1.54) is 0 Å². The van der Waals surface area contributed by atoms with Gasteiger partial charge in [-0.1, -0.05) is 24.3 Å². The average Bonchev–Trinajstić information content (AvgIpc) is 2.28. The minimum absolute atomic E-state index is 0.289. The Labute approximate surface area is 90.2 Å². The zero-order valence-electron chi connectivity index (χ0n) is 8.86. The number of quaternary nitrogens is 1. The largest absolute Gasteiger partial charge is 0.490 e. The van der Waals surface area contributed by atoms with Crippen LogP contribution in [0.2, 0.25) is 0 Å². The average molecular weight is 208 g/mol. The van der Waals surface area contributed by atoms with E-state index in [4.69, 9.17) is 4.74 Å².